The fourth-order valence-corrected chi connectivity index (χ4v) is 2.48. The second-order valence-electron chi connectivity index (χ2n) is 5.56. The Balaban J connectivity index is 1.58. The second kappa shape index (κ2) is 7.61. The average molecular weight is 380 g/mol. The number of para-hydroxylation sites is 2. The number of carbonyl (C=O) groups is 2. The standard InChI is InChI=1S/C18H15ClFNO5/c1-10(17(22)21-13-7-6-11(20)8-12(13)19)25-18(23)16-9-24-14-4-2-3-5-15(14)26-16/h2-8,10,16H,9H2,1H3,(H,21,22)/t10-,16+/m1/s1. The van der Waals surface area contributed by atoms with Gasteiger partial charge < -0.3 is 19.5 Å². The lowest BCUT2D eigenvalue weighted by Gasteiger charge is -2.25. The number of benzene rings is 2. The molecule has 1 N–H and O–H groups in total. The zero-order valence-corrected chi connectivity index (χ0v) is 14.5. The molecule has 136 valence electrons. The molecule has 1 aliphatic heterocycles. The molecule has 2 aromatic rings. The van der Waals surface area contributed by atoms with Crippen molar-refractivity contribution >= 4 is 29.2 Å². The number of fused-ring (bicyclic) bond motifs is 1. The summed E-state index contributed by atoms with van der Waals surface area (Å²) in [6.07, 6.45) is -2.08. The molecule has 0 aliphatic carbocycles. The maximum atomic E-state index is 13.0. The van der Waals surface area contributed by atoms with Crippen molar-refractivity contribution in [1.82, 2.24) is 0 Å². The molecule has 0 saturated heterocycles. The number of anilines is 1. The number of amides is 1. The summed E-state index contributed by atoms with van der Waals surface area (Å²) >= 11 is 5.85. The monoisotopic (exact) mass is 379 g/mol. The van der Waals surface area contributed by atoms with E-state index in [1.807, 2.05) is 0 Å². The van der Waals surface area contributed by atoms with Crippen molar-refractivity contribution in [2.24, 2.45) is 0 Å². The first-order valence-corrected chi connectivity index (χ1v) is 8.16. The number of hydrogen-bond donors (Lipinski definition) is 1. The van der Waals surface area contributed by atoms with Crippen molar-refractivity contribution in [1.29, 1.82) is 0 Å². The van der Waals surface area contributed by atoms with Crippen molar-refractivity contribution < 1.29 is 28.2 Å². The van der Waals surface area contributed by atoms with Gasteiger partial charge in [-0.2, -0.15) is 0 Å². The van der Waals surface area contributed by atoms with Gasteiger partial charge in [-0.25, -0.2) is 9.18 Å². The summed E-state index contributed by atoms with van der Waals surface area (Å²) in [6, 6.07) is 10.5. The molecular formula is C18H15ClFNO5. The molecule has 0 radical (unpaired) electrons. The van der Waals surface area contributed by atoms with Gasteiger partial charge in [0.05, 0.1) is 10.7 Å². The molecule has 8 heteroatoms. The third-order valence-corrected chi connectivity index (χ3v) is 3.94. The Bertz CT molecular complexity index is 844. The van der Waals surface area contributed by atoms with Gasteiger partial charge in [-0.3, -0.25) is 4.79 Å². The second-order valence-corrected chi connectivity index (χ2v) is 5.96. The van der Waals surface area contributed by atoms with Gasteiger partial charge >= 0.3 is 5.97 Å². The highest BCUT2D eigenvalue weighted by Crippen LogP contribution is 2.31. The molecule has 2 aromatic carbocycles. The molecule has 2 atom stereocenters. The highest BCUT2D eigenvalue weighted by Gasteiger charge is 2.31. The van der Waals surface area contributed by atoms with E-state index in [2.05, 4.69) is 5.32 Å². The normalized spacial score (nSPS) is 16.5. The van der Waals surface area contributed by atoms with E-state index in [0.29, 0.717) is 11.5 Å². The number of halogens is 2. The molecule has 0 fully saturated rings. The molecule has 0 saturated carbocycles. The smallest absolute Gasteiger partial charge is 0.351 e. The quantitative estimate of drug-likeness (QED) is 0.826. The van der Waals surface area contributed by atoms with Crippen LogP contribution in [-0.4, -0.2) is 30.7 Å². The largest absolute Gasteiger partial charge is 0.485 e. The Labute approximate surface area is 153 Å². The van der Waals surface area contributed by atoms with Gasteiger partial charge in [0.1, 0.15) is 12.4 Å². The maximum Gasteiger partial charge on any atom is 0.351 e. The summed E-state index contributed by atoms with van der Waals surface area (Å²) in [4.78, 5) is 24.4. The Morgan fingerprint density at radius 2 is 2.00 bits per heavy atom. The van der Waals surface area contributed by atoms with E-state index in [1.165, 1.54) is 13.0 Å². The van der Waals surface area contributed by atoms with Crippen molar-refractivity contribution in [3.8, 4) is 11.5 Å². The zero-order valence-electron chi connectivity index (χ0n) is 13.7. The zero-order chi connectivity index (χ0) is 18.7. The molecule has 3 rings (SSSR count). The summed E-state index contributed by atoms with van der Waals surface area (Å²) in [5.74, 6) is -0.900. The van der Waals surface area contributed by atoms with Gasteiger partial charge in [0, 0.05) is 0 Å². The number of ether oxygens (including phenoxy) is 3. The molecule has 0 spiro atoms. The number of nitrogens with one attached hydrogen (secondary N) is 1. The van der Waals surface area contributed by atoms with Crippen LogP contribution in [0.2, 0.25) is 5.02 Å². The molecule has 0 bridgehead atoms. The molecule has 26 heavy (non-hydrogen) atoms. The van der Waals surface area contributed by atoms with Gasteiger partial charge in [-0.1, -0.05) is 23.7 Å². The van der Waals surface area contributed by atoms with Gasteiger partial charge in [0.2, 0.25) is 6.10 Å². The Morgan fingerprint density at radius 3 is 2.73 bits per heavy atom. The van der Waals surface area contributed by atoms with Crippen LogP contribution in [0.15, 0.2) is 42.5 Å². The number of carbonyl (C=O) groups excluding carboxylic acids is 2. The van der Waals surface area contributed by atoms with Crippen molar-refractivity contribution in [3.05, 3.63) is 53.3 Å². The Hall–Kier alpha value is -2.80. The van der Waals surface area contributed by atoms with Crippen molar-refractivity contribution in [2.45, 2.75) is 19.1 Å². The maximum absolute atomic E-state index is 13.0. The number of rotatable bonds is 4. The summed E-state index contributed by atoms with van der Waals surface area (Å²) in [5, 5.41) is 2.51. The van der Waals surface area contributed by atoms with Crippen LogP contribution >= 0.6 is 11.6 Å². The van der Waals surface area contributed by atoms with E-state index in [0.717, 1.165) is 12.1 Å². The number of hydrogen-bond acceptors (Lipinski definition) is 5. The van der Waals surface area contributed by atoms with Crippen LogP contribution in [0.25, 0.3) is 0 Å². The lowest BCUT2D eigenvalue weighted by molar-refractivity contribution is -0.162. The van der Waals surface area contributed by atoms with Crippen LogP contribution in [0, 0.1) is 5.82 Å². The molecule has 1 amide bonds. The van der Waals surface area contributed by atoms with Gasteiger partial charge in [0.15, 0.2) is 17.6 Å². The molecule has 0 aromatic heterocycles. The van der Waals surface area contributed by atoms with Crippen LogP contribution in [0.1, 0.15) is 6.92 Å². The topological polar surface area (TPSA) is 73.9 Å². The van der Waals surface area contributed by atoms with Crippen molar-refractivity contribution in [3.63, 3.8) is 0 Å². The predicted octanol–water partition coefficient (Wildman–Crippen LogP) is 3.19. The highest BCUT2D eigenvalue weighted by atomic mass is 35.5. The van der Waals surface area contributed by atoms with Crippen LogP contribution in [0.5, 0.6) is 11.5 Å². The van der Waals surface area contributed by atoms with Crippen LogP contribution in [-0.2, 0) is 14.3 Å². The van der Waals surface area contributed by atoms with E-state index in [-0.39, 0.29) is 17.3 Å². The first kappa shape index (κ1) is 18.0. The summed E-state index contributed by atoms with van der Waals surface area (Å²) in [6.45, 7) is 1.39. The Kier molecular flexibility index (Phi) is 5.27. The summed E-state index contributed by atoms with van der Waals surface area (Å²) in [7, 11) is 0. The van der Waals surface area contributed by atoms with Crippen LogP contribution in [0.3, 0.4) is 0 Å². The average Bonchev–Trinajstić information content (AvgIpc) is 2.63. The van der Waals surface area contributed by atoms with E-state index >= 15 is 0 Å². The third kappa shape index (κ3) is 4.05. The van der Waals surface area contributed by atoms with E-state index < -0.39 is 29.9 Å². The predicted molar refractivity (Wildman–Crippen MR) is 91.9 cm³/mol. The minimum absolute atomic E-state index is 0.0199. The van der Waals surface area contributed by atoms with E-state index in [9.17, 15) is 14.0 Å². The molecule has 0 unspecified atom stereocenters. The van der Waals surface area contributed by atoms with E-state index in [4.69, 9.17) is 25.8 Å². The first-order valence-electron chi connectivity index (χ1n) is 7.79. The Morgan fingerprint density at radius 1 is 1.27 bits per heavy atom. The first-order chi connectivity index (χ1) is 12.4. The molecule has 1 heterocycles. The summed E-state index contributed by atoms with van der Waals surface area (Å²) in [5.41, 5.74) is 0.215. The SMILES string of the molecule is C[C@@H](OC(=O)[C@@H]1COc2ccccc2O1)C(=O)Nc1ccc(F)cc1Cl. The summed E-state index contributed by atoms with van der Waals surface area (Å²) < 4.78 is 29.1. The highest BCUT2D eigenvalue weighted by molar-refractivity contribution is 6.33. The third-order valence-electron chi connectivity index (χ3n) is 3.62. The fourth-order valence-electron chi connectivity index (χ4n) is 2.26. The molecule has 6 nitrogen and oxygen atoms in total. The minimum atomic E-state index is -1.11. The number of esters is 1. The molecule has 1 aliphatic rings. The lowest BCUT2D eigenvalue weighted by atomic mass is 10.2. The lowest BCUT2D eigenvalue weighted by Crippen LogP contribution is -2.41. The van der Waals surface area contributed by atoms with E-state index in [1.54, 1.807) is 24.3 Å². The molecular weight excluding hydrogens is 365 g/mol. The van der Waals surface area contributed by atoms with Gasteiger partial charge in [-0.15, -0.1) is 0 Å². The van der Waals surface area contributed by atoms with Crippen molar-refractivity contribution in [2.75, 3.05) is 11.9 Å². The van der Waals surface area contributed by atoms with Crippen LogP contribution < -0.4 is 14.8 Å². The van der Waals surface area contributed by atoms with Gasteiger partial charge in [-0.05, 0) is 37.3 Å². The fraction of sp³-hybridized carbons (Fsp3) is 0.222. The van der Waals surface area contributed by atoms with Crippen LogP contribution in [0.4, 0.5) is 10.1 Å². The van der Waals surface area contributed by atoms with Gasteiger partial charge in [0.25, 0.3) is 5.91 Å². The minimum Gasteiger partial charge on any atom is -0.485 e.